The van der Waals surface area contributed by atoms with Gasteiger partial charge in [0.1, 0.15) is 0 Å². The number of nitrogens with two attached hydrogens (primary N) is 1. The highest BCUT2D eigenvalue weighted by molar-refractivity contribution is 6.30. The van der Waals surface area contributed by atoms with Crippen LogP contribution in [0.5, 0.6) is 0 Å². The number of benzene rings is 1. The zero-order chi connectivity index (χ0) is 17.5. The molecule has 0 aliphatic carbocycles. The quantitative estimate of drug-likeness (QED) is 0.762. The van der Waals surface area contributed by atoms with Gasteiger partial charge in [-0.2, -0.15) is 0 Å². The van der Waals surface area contributed by atoms with Crippen LogP contribution in [0.2, 0.25) is 5.02 Å². The maximum absolute atomic E-state index is 12.2. The highest BCUT2D eigenvalue weighted by atomic mass is 35.5. The van der Waals surface area contributed by atoms with Crippen LogP contribution >= 0.6 is 11.6 Å². The molecule has 6 nitrogen and oxygen atoms in total. The molecule has 7 heteroatoms. The van der Waals surface area contributed by atoms with Crippen molar-refractivity contribution in [3.05, 3.63) is 34.9 Å². The van der Waals surface area contributed by atoms with Gasteiger partial charge in [0.05, 0.1) is 5.92 Å². The van der Waals surface area contributed by atoms with Gasteiger partial charge in [-0.1, -0.05) is 11.6 Å². The van der Waals surface area contributed by atoms with E-state index in [1.54, 1.807) is 29.2 Å². The predicted octanol–water partition coefficient (Wildman–Crippen LogP) is 1.57. The van der Waals surface area contributed by atoms with Gasteiger partial charge < -0.3 is 16.0 Å². The summed E-state index contributed by atoms with van der Waals surface area (Å²) < 4.78 is 0. The van der Waals surface area contributed by atoms with Gasteiger partial charge in [0, 0.05) is 36.6 Å². The van der Waals surface area contributed by atoms with Crippen molar-refractivity contribution >= 4 is 29.3 Å². The van der Waals surface area contributed by atoms with Gasteiger partial charge in [-0.15, -0.1) is 0 Å². The molecule has 130 valence electrons. The Morgan fingerprint density at radius 2 is 1.96 bits per heavy atom. The van der Waals surface area contributed by atoms with Crippen molar-refractivity contribution in [1.82, 2.24) is 10.2 Å². The second-order valence-corrected chi connectivity index (χ2v) is 6.38. The number of halogens is 1. The van der Waals surface area contributed by atoms with Gasteiger partial charge in [0.2, 0.25) is 11.8 Å². The molecule has 1 aliphatic rings. The highest BCUT2D eigenvalue weighted by Crippen LogP contribution is 2.17. The lowest BCUT2D eigenvalue weighted by molar-refractivity contribution is -0.135. The van der Waals surface area contributed by atoms with Crippen LogP contribution < -0.4 is 11.1 Å². The molecule has 3 amide bonds. The number of likely N-dealkylation sites (tertiary alicyclic amines) is 1. The lowest BCUT2D eigenvalue weighted by Gasteiger charge is -2.31. The first-order chi connectivity index (χ1) is 11.5. The zero-order valence-corrected chi connectivity index (χ0v) is 14.2. The fourth-order valence-electron chi connectivity index (χ4n) is 2.74. The van der Waals surface area contributed by atoms with Crippen molar-refractivity contribution in [3.63, 3.8) is 0 Å². The summed E-state index contributed by atoms with van der Waals surface area (Å²) in [6.07, 6.45) is 2.44. The van der Waals surface area contributed by atoms with Crippen molar-refractivity contribution in [2.75, 3.05) is 19.6 Å². The molecule has 1 aliphatic heterocycles. The second-order valence-electron chi connectivity index (χ2n) is 5.95. The normalized spacial score (nSPS) is 17.4. The van der Waals surface area contributed by atoms with Crippen LogP contribution in [0.4, 0.5) is 0 Å². The van der Waals surface area contributed by atoms with Crippen LogP contribution in [0.1, 0.15) is 36.0 Å². The summed E-state index contributed by atoms with van der Waals surface area (Å²) in [6.45, 7) is 1.49. The Bertz CT molecular complexity index is 604. The molecular weight excluding hydrogens is 330 g/mol. The van der Waals surface area contributed by atoms with Gasteiger partial charge in [-0.3, -0.25) is 14.4 Å². The van der Waals surface area contributed by atoms with E-state index < -0.39 is 0 Å². The van der Waals surface area contributed by atoms with E-state index in [1.165, 1.54) is 0 Å². The molecule has 3 N–H and O–H groups in total. The van der Waals surface area contributed by atoms with Gasteiger partial charge in [0.25, 0.3) is 5.91 Å². The summed E-state index contributed by atoms with van der Waals surface area (Å²) in [4.78, 5) is 37.0. The minimum Gasteiger partial charge on any atom is -0.369 e. The number of piperidine rings is 1. The molecule has 0 bridgehead atoms. The first-order valence-corrected chi connectivity index (χ1v) is 8.46. The van der Waals surface area contributed by atoms with E-state index in [0.29, 0.717) is 43.1 Å². The van der Waals surface area contributed by atoms with Crippen molar-refractivity contribution < 1.29 is 14.4 Å². The summed E-state index contributed by atoms with van der Waals surface area (Å²) in [6, 6.07) is 6.62. The monoisotopic (exact) mass is 351 g/mol. The third-order valence-corrected chi connectivity index (χ3v) is 4.39. The molecule has 1 aromatic rings. The number of hydrogen-bond donors (Lipinski definition) is 2. The Hall–Kier alpha value is -2.08. The maximum atomic E-state index is 12.2. The highest BCUT2D eigenvalue weighted by Gasteiger charge is 2.26. The lowest BCUT2D eigenvalue weighted by Crippen LogP contribution is -2.44. The van der Waals surface area contributed by atoms with E-state index in [4.69, 9.17) is 17.3 Å². The zero-order valence-electron chi connectivity index (χ0n) is 13.5. The standard InChI is InChI=1S/C17H22ClN3O3/c18-14-7-5-12(6-8-14)17(24)20-9-1-4-15(22)21-10-2-3-13(11-21)16(19)23/h5-8,13H,1-4,9-11H2,(H2,19,23)(H,20,24)/t13-/m0/s1. The number of amides is 3. The van der Waals surface area contributed by atoms with E-state index in [1.807, 2.05) is 0 Å². The van der Waals surface area contributed by atoms with Crippen LogP contribution in [0.3, 0.4) is 0 Å². The lowest BCUT2D eigenvalue weighted by atomic mass is 9.97. The third-order valence-electron chi connectivity index (χ3n) is 4.14. The Morgan fingerprint density at radius 3 is 2.62 bits per heavy atom. The molecular formula is C17H22ClN3O3. The largest absolute Gasteiger partial charge is 0.369 e. The third kappa shape index (κ3) is 5.23. The van der Waals surface area contributed by atoms with Gasteiger partial charge >= 0.3 is 0 Å². The van der Waals surface area contributed by atoms with Crippen molar-refractivity contribution in [2.45, 2.75) is 25.7 Å². The van der Waals surface area contributed by atoms with Crippen molar-refractivity contribution in [1.29, 1.82) is 0 Å². The maximum Gasteiger partial charge on any atom is 0.251 e. The average molecular weight is 352 g/mol. The molecule has 24 heavy (non-hydrogen) atoms. The van der Waals surface area contributed by atoms with Gasteiger partial charge in [-0.25, -0.2) is 0 Å². The Morgan fingerprint density at radius 1 is 1.25 bits per heavy atom. The van der Waals surface area contributed by atoms with Crippen LogP contribution in [0.15, 0.2) is 24.3 Å². The summed E-state index contributed by atoms with van der Waals surface area (Å²) in [5.74, 6) is -0.775. The molecule has 1 saturated heterocycles. The molecule has 0 unspecified atom stereocenters. The van der Waals surface area contributed by atoms with Crippen LogP contribution in [-0.2, 0) is 9.59 Å². The molecule has 1 aromatic carbocycles. The number of carbonyl (C=O) groups excluding carboxylic acids is 3. The SMILES string of the molecule is NC(=O)[C@H]1CCCN(C(=O)CCCNC(=O)c2ccc(Cl)cc2)C1. The Labute approximate surface area is 146 Å². The minimum absolute atomic E-state index is 0.00157. The molecule has 2 rings (SSSR count). The molecule has 1 atom stereocenters. The number of primary amides is 1. The smallest absolute Gasteiger partial charge is 0.251 e. The van der Waals surface area contributed by atoms with E-state index in [2.05, 4.69) is 5.32 Å². The number of rotatable bonds is 6. The molecule has 1 heterocycles. The number of nitrogens with one attached hydrogen (secondary N) is 1. The van der Waals surface area contributed by atoms with Crippen LogP contribution in [-0.4, -0.2) is 42.3 Å². The molecule has 1 fully saturated rings. The molecule has 0 saturated carbocycles. The van der Waals surface area contributed by atoms with E-state index >= 15 is 0 Å². The van der Waals surface area contributed by atoms with E-state index in [-0.39, 0.29) is 23.6 Å². The predicted molar refractivity (Wildman–Crippen MR) is 91.5 cm³/mol. The van der Waals surface area contributed by atoms with Crippen molar-refractivity contribution in [3.8, 4) is 0 Å². The van der Waals surface area contributed by atoms with Crippen molar-refractivity contribution in [2.24, 2.45) is 11.7 Å². The summed E-state index contributed by atoms with van der Waals surface area (Å²) in [7, 11) is 0. The summed E-state index contributed by atoms with van der Waals surface area (Å²) >= 11 is 5.78. The second kappa shape index (κ2) is 8.68. The molecule has 0 radical (unpaired) electrons. The molecule has 0 spiro atoms. The number of carbonyl (C=O) groups is 3. The van der Waals surface area contributed by atoms with Crippen LogP contribution in [0, 0.1) is 5.92 Å². The first kappa shape index (κ1) is 18.3. The molecule has 0 aromatic heterocycles. The summed E-state index contributed by atoms with van der Waals surface area (Å²) in [5.41, 5.74) is 5.85. The number of hydrogen-bond acceptors (Lipinski definition) is 3. The van der Waals surface area contributed by atoms with E-state index in [9.17, 15) is 14.4 Å². The average Bonchev–Trinajstić information content (AvgIpc) is 2.59. The van der Waals surface area contributed by atoms with Gasteiger partial charge in [0.15, 0.2) is 0 Å². The number of nitrogens with zero attached hydrogens (tertiary/aromatic N) is 1. The Balaban J connectivity index is 1.70. The minimum atomic E-state index is -0.345. The fourth-order valence-corrected chi connectivity index (χ4v) is 2.86. The topological polar surface area (TPSA) is 92.5 Å². The van der Waals surface area contributed by atoms with E-state index in [0.717, 1.165) is 12.8 Å². The van der Waals surface area contributed by atoms with Crippen LogP contribution in [0.25, 0.3) is 0 Å². The fraction of sp³-hybridized carbons (Fsp3) is 0.471. The first-order valence-electron chi connectivity index (χ1n) is 8.08. The van der Waals surface area contributed by atoms with Gasteiger partial charge in [-0.05, 0) is 43.5 Å². The summed E-state index contributed by atoms with van der Waals surface area (Å²) in [5, 5.41) is 3.35. The Kier molecular flexibility index (Phi) is 6.61.